The van der Waals surface area contributed by atoms with Crippen LogP contribution >= 0.6 is 0 Å². The van der Waals surface area contributed by atoms with E-state index in [4.69, 9.17) is 4.74 Å². The summed E-state index contributed by atoms with van der Waals surface area (Å²) in [5.41, 5.74) is 10.1. The molecule has 3 nitrogen and oxygen atoms in total. The minimum Gasteiger partial charge on any atom is -0.492 e. The topological polar surface area (TPSA) is 34.1 Å². The fourth-order valence-electron chi connectivity index (χ4n) is 5.14. The number of rotatable bonds is 8. The highest BCUT2D eigenvalue weighted by Gasteiger charge is 2.16. The molecule has 3 aromatic rings. The molecule has 1 unspecified atom stereocenters. The van der Waals surface area contributed by atoms with Crippen LogP contribution in [0.5, 0.6) is 5.75 Å². The molecule has 4 rings (SSSR count). The van der Waals surface area contributed by atoms with Crippen molar-refractivity contribution in [3.05, 3.63) is 82.2 Å². The summed E-state index contributed by atoms with van der Waals surface area (Å²) in [4.78, 5) is 4.63. The van der Waals surface area contributed by atoms with Crippen molar-refractivity contribution in [3.63, 3.8) is 0 Å². The van der Waals surface area contributed by atoms with Crippen molar-refractivity contribution >= 4 is 0 Å². The summed E-state index contributed by atoms with van der Waals surface area (Å²) in [6.45, 7) is 10.5. The minimum atomic E-state index is 0.573. The highest BCUT2D eigenvalue weighted by molar-refractivity contribution is 5.72. The summed E-state index contributed by atoms with van der Waals surface area (Å²) in [5.74, 6) is 1.01. The van der Waals surface area contributed by atoms with Crippen LogP contribution in [0.3, 0.4) is 0 Å². The normalized spacial score (nSPS) is 16.1. The Morgan fingerprint density at radius 2 is 1.55 bits per heavy atom. The molecule has 0 radical (unpaired) electrons. The van der Waals surface area contributed by atoms with Crippen LogP contribution < -0.4 is 10.1 Å². The first kappa shape index (κ1) is 23.5. The first-order valence-electron chi connectivity index (χ1n) is 12.5. The van der Waals surface area contributed by atoms with Gasteiger partial charge in [0.2, 0.25) is 0 Å². The number of piperidine rings is 1. The van der Waals surface area contributed by atoms with Crippen molar-refractivity contribution in [3.8, 4) is 16.9 Å². The predicted octanol–water partition coefficient (Wildman–Crippen LogP) is 6.68. The summed E-state index contributed by atoms with van der Waals surface area (Å²) in [6.07, 6.45) is 10.8. The molecule has 0 saturated carbocycles. The van der Waals surface area contributed by atoms with Crippen LogP contribution in [0.4, 0.5) is 0 Å². The molecule has 0 aliphatic carbocycles. The van der Waals surface area contributed by atoms with Gasteiger partial charge in [-0.05, 0) is 77.5 Å². The summed E-state index contributed by atoms with van der Waals surface area (Å²) in [7, 11) is 0. The molecule has 2 aromatic carbocycles. The first-order chi connectivity index (χ1) is 16.0. The molecule has 1 saturated heterocycles. The second-order valence-electron chi connectivity index (χ2n) is 9.83. The fraction of sp³-hybridized carbons (Fsp3) is 0.433. The van der Waals surface area contributed by atoms with Gasteiger partial charge in [0.15, 0.2) is 0 Å². The van der Waals surface area contributed by atoms with E-state index in [1.807, 2.05) is 12.4 Å². The summed E-state index contributed by atoms with van der Waals surface area (Å²) in [5, 5.41) is 3.65. The maximum Gasteiger partial charge on any atom is 0.133 e. The van der Waals surface area contributed by atoms with Crippen LogP contribution in [0.25, 0.3) is 11.1 Å². The maximum absolute atomic E-state index is 6.56. The van der Waals surface area contributed by atoms with E-state index in [-0.39, 0.29) is 0 Å². The Balaban J connectivity index is 1.59. The van der Waals surface area contributed by atoms with Gasteiger partial charge in [0, 0.05) is 29.6 Å². The molecule has 174 valence electrons. The highest BCUT2D eigenvalue weighted by Crippen LogP contribution is 2.34. The Morgan fingerprint density at radius 3 is 2.21 bits per heavy atom. The molecule has 1 aliphatic heterocycles. The van der Waals surface area contributed by atoms with Crippen molar-refractivity contribution in [1.82, 2.24) is 10.3 Å². The molecule has 1 aromatic heterocycles. The number of benzene rings is 2. The molecule has 0 bridgehead atoms. The van der Waals surface area contributed by atoms with E-state index in [9.17, 15) is 0 Å². The minimum absolute atomic E-state index is 0.573. The van der Waals surface area contributed by atoms with E-state index in [1.54, 1.807) is 0 Å². The van der Waals surface area contributed by atoms with Gasteiger partial charge in [-0.2, -0.15) is 0 Å². The second-order valence-corrected chi connectivity index (χ2v) is 9.83. The molecule has 1 atom stereocenters. The van der Waals surface area contributed by atoms with E-state index in [0.717, 1.165) is 43.7 Å². The number of aryl methyl sites for hydroxylation is 6. The van der Waals surface area contributed by atoms with Gasteiger partial charge in [0.1, 0.15) is 5.75 Å². The van der Waals surface area contributed by atoms with Crippen LogP contribution in [0, 0.1) is 27.7 Å². The highest BCUT2D eigenvalue weighted by atomic mass is 16.5. The summed E-state index contributed by atoms with van der Waals surface area (Å²) < 4.78 is 6.56. The van der Waals surface area contributed by atoms with Gasteiger partial charge >= 0.3 is 0 Å². The van der Waals surface area contributed by atoms with Gasteiger partial charge in [0.25, 0.3) is 0 Å². The first-order valence-corrected chi connectivity index (χ1v) is 12.5. The number of ether oxygens (including phenoxy) is 1. The third-order valence-corrected chi connectivity index (χ3v) is 6.59. The Morgan fingerprint density at radius 1 is 0.848 bits per heavy atom. The zero-order valence-electron chi connectivity index (χ0n) is 20.7. The lowest BCUT2D eigenvalue weighted by molar-refractivity contribution is 0.267. The van der Waals surface area contributed by atoms with Gasteiger partial charge in [-0.3, -0.25) is 4.98 Å². The molecule has 2 heterocycles. The summed E-state index contributed by atoms with van der Waals surface area (Å²) >= 11 is 0. The monoisotopic (exact) mass is 442 g/mol. The van der Waals surface area contributed by atoms with Crippen LogP contribution in [0.15, 0.2) is 48.8 Å². The Labute approximate surface area is 199 Å². The average molecular weight is 443 g/mol. The van der Waals surface area contributed by atoms with E-state index >= 15 is 0 Å². The zero-order valence-corrected chi connectivity index (χ0v) is 20.7. The van der Waals surface area contributed by atoms with Gasteiger partial charge in [-0.15, -0.1) is 0 Å². The molecule has 33 heavy (non-hydrogen) atoms. The van der Waals surface area contributed by atoms with E-state index in [0.29, 0.717) is 6.04 Å². The van der Waals surface area contributed by atoms with Crippen LogP contribution in [-0.4, -0.2) is 24.2 Å². The standard InChI is InChI=1S/C30H38N2O/c1-21-13-22(2)16-25(15-21)8-9-26-19-31-20-29(27-17-23(3)14-24(4)18-27)30(26)33-12-10-28-7-5-6-11-32-28/h13-20,28,32H,5-12H2,1-4H3. The molecule has 1 fully saturated rings. The van der Waals surface area contributed by atoms with Crippen molar-refractivity contribution in [2.45, 2.75) is 72.3 Å². The smallest absolute Gasteiger partial charge is 0.133 e. The third-order valence-electron chi connectivity index (χ3n) is 6.59. The number of nitrogens with one attached hydrogen (secondary N) is 1. The van der Waals surface area contributed by atoms with Gasteiger partial charge < -0.3 is 10.1 Å². The van der Waals surface area contributed by atoms with Gasteiger partial charge in [-0.25, -0.2) is 0 Å². The molecule has 3 heteroatoms. The number of aromatic nitrogens is 1. The van der Waals surface area contributed by atoms with Gasteiger partial charge in [0.05, 0.1) is 6.61 Å². The van der Waals surface area contributed by atoms with Crippen LogP contribution in [0.2, 0.25) is 0 Å². The van der Waals surface area contributed by atoms with E-state index in [2.05, 4.69) is 74.4 Å². The molecular formula is C30H38N2O. The predicted molar refractivity (Wildman–Crippen MR) is 138 cm³/mol. The number of hydrogen-bond donors (Lipinski definition) is 1. The molecular weight excluding hydrogens is 404 g/mol. The Hall–Kier alpha value is -2.65. The SMILES string of the molecule is Cc1cc(C)cc(CCc2cncc(-c3cc(C)cc(C)c3)c2OCCC2CCCCN2)c1. The van der Waals surface area contributed by atoms with Crippen molar-refractivity contribution in [1.29, 1.82) is 0 Å². The van der Waals surface area contributed by atoms with E-state index < -0.39 is 0 Å². The lowest BCUT2D eigenvalue weighted by atomic mass is 9.97. The number of nitrogens with zero attached hydrogens (tertiary/aromatic N) is 1. The number of pyridine rings is 1. The summed E-state index contributed by atoms with van der Waals surface area (Å²) in [6, 6.07) is 14.1. The average Bonchev–Trinajstić information content (AvgIpc) is 2.77. The van der Waals surface area contributed by atoms with Crippen LogP contribution in [0.1, 0.15) is 59.1 Å². The zero-order chi connectivity index (χ0) is 23.2. The van der Waals surface area contributed by atoms with Gasteiger partial charge in [-0.1, -0.05) is 65.1 Å². The quantitative estimate of drug-likeness (QED) is 0.422. The lowest BCUT2D eigenvalue weighted by Gasteiger charge is -2.24. The largest absolute Gasteiger partial charge is 0.492 e. The lowest BCUT2D eigenvalue weighted by Crippen LogP contribution is -2.35. The van der Waals surface area contributed by atoms with Crippen LogP contribution in [-0.2, 0) is 12.8 Å². The molecule has 1 aliphatic rings. The van der Waals surface area contributed by atoms with E-state index in [1.165, 1.54) is 58.2 Å². The third kappa shape index (κ3) is 6.45. The van der Waals surface area contributed by atoms with Crippen molar-refractivity contribution in [2.75, 3.05) is 13.2 Å². The maximum atomic E-state index is 6.56. The molecule has 1 N–H and O–H groups in total. The Bertz CT molecular complexity index is 1040. The van der Waals surface area contributed by atoms with Crippen molar-refractivity contribution < 1.29 is 4.74 Å². The molecule has 0 amide bonds. The van der Waals surface area contributed by atoms with Crippen molar-refractivity contribution in [2.24, 2.45) is 0 Å². The Kier molecular flexibility index (Phi) is 7.82. The molecule has 0 spiro atoms. The second kappa shape index (κ2) is 11.0. The fourth-order valence-corrected chi connectivity index (χ4v) is 5.14. The number of hydrogen-bond acceptors (Lipinski definition) is 3.